The van der Waals surface area contributed by atoms with Crippen LogP contribution in [0.3, 0.4) is 0 Å². The molecule has 0 radical (unpaired) electrons. The van der Waals surface area contributed by atoms with E-state index in [0.29, 0.717) is 5.92 Å². The molecule has 2 fully saturated rings. The Kier molecular flexibility index (Phi) is 2.25. The highest BCUT2D eigenvalue weighted by atomic mass is 16.2. The quantitative estimate of drug-likeness (QED) is 0.865. The van der Waals surface area contributed by atoms with E-state index in [1.54, 1.807) is 0 Å². The van der Waals surface area contributed by atoms with Crippen LogP contribution in [0.4, 0.5) is 0 Å². The number of hydrogen-bond acceptors (Lipinski definition) is 1. The molecule has 2 aromatic rings. The first-order valence-corrected chi connectivity index (χ1v) is 7.13. The number of benzene rings is 1. The van der Waals surface area contributed by atoms with E-state index in [1.165, 1.54) is 29.3 Å². The Labute approximate surface area is 112 Å². The van der Waals surface area contributed by atoms with Crippen LogP contribution in [0.1, 0.15) is 31.2 Å². The molecule has 98 valence electrons. The third-order valence-corrected chi connectivity index (χ3v) is 4.56. The summed E-state index contributed by atoms with van der Waals surface area (Å²) in [6, 6.07) is 8.41. The van der Waals surface area contributed by atoms with Gasteiger partial charge in [-0.25, -0.2) is 0 Å². The van der Waals surface area contributed by atoms with Gasteiger partial charge in [0.2, 0.25) is 5.91 Å². The fourth-order valence-electron chi connectivity index (χ4n) is 2.95. The second kappa shape index (κ2) is 3.86. The van der Waals surface area contributed by atoms with Gasteiger partial charge in [0, 0.05) is 35.0 Å². The molecule has 2 aliphatic rings. The number of aromatic nitrogens is 1. The predicted molar refractivity (Wildman–Crippen MR) is 74.9 cm³/mol. The van der Waals surface area contributed by atoms with Gasteiger partial charge in [0.05, 0.1) is 0 Å². The average Bonchev–Trinajstić information content (AvgIpc) is 3.35. The van der Waals surface area contributed by atoms with Crippen LogP contribution in [0, 0.1) is 5.92 Å². The molecule has 1 heterocycles. The Morgan fingerprint density at radius 2 is 2.11 bits per heavy atom. The Bertz CT molecular complexity index is 635. The maximum atomic E-state index is 11.8. The van der Waals surface area contributed by atoms with E-state index >= 15 is 0 Å². The molecule has 3 nitrogen and oxygen atoms in total. The maximum absolute atomic E-state index is 11.8. The number of H-pyrrole nitrogens is 1. The summed E-state index contributed by atoms with van der Waals surface area (Å²) in [5.41, 5.74) is 2.75. The Hall–Kier alpha value is -1.77. The zero-order valence-corrected chi connectivity index (χ0v) is 10.9. The summed E-state index contributed by atoms with van der Waals surface area (Å²) >= 11 is 0. The molecule has 2 N–H and O–H groups in total. The van der Waals surface area contributed by atoms with E-state index in [1.807, 2.05) is 0 Å². The lowest BCUT2D eigenvalue weighted by Crippen LogP contribution is -2.33. The SMILES string of the molecule is O=C(NCC1(c2c[nH]c3ccccc23)CC1)C1CC1. The van der Waals surface area contributed by atoms with Crippen LogP contribution >= 0.6 is 0 Å². The molecule has 0 unspecified atom stereocenters. The van der Waals surface area contributed by atoms with Crippen LogP contribution in [0.2, 0.25) is 0 Å². The number of aromatic amines is 1. The summed E-state index contributed by atoms with van der Waals surface area (Å²) in [7, 11) is 0. The average molecular weight is 254 g/mol. The highest BCUT2D eigenvalue weighted by Crippen LogP contribution is 2.50. The van der Waals surface area contributed by atoms with Crippen LogP contribution < -0.4 is 5.32 Å². The molecule has 3 heteroatoms. The molecule has 1 aromatic carbocycles. The van der Waals surface area contributed by atoms with Crippen LogP contribution in [0.5, 0.6) is 0 Å². The van der Waals surface area contributed by atoms with Gasteiger partial charge in [0.1, 0.15) is 0 Å². The fourth-order valence-corrected chi connectivity index (χ4v) is 2.95. The molecule has 1 amide bonds. The molecule has 19 heavy (non-hydrogen) atoms. The van der Waals surface area contributed by atoms with E-state index < -0.39 is 0 Å². The number of hydrogen-bond donors (Lipinski definition) is 2. The van der Waals surface area contributed by atoms with Gasteiger partial charge >= 0.3 is 0 Å². The lowest BCUT2D eigenvalue weighted by molar-refractivity contribution is -0.122. The van der Waals surface area contributed by atoms with Gasteiger partial charge in [0.15, 0.2) is 0 Å². The highest BCUT2D eigenvalue weighted by Gasteiger charge is 2.46. The number of rotatable bonds is 4. The predicted octanol–water partition coefficient (Wildman–Crippen LogP) is 2.73. The van der Waals surface area contributed by atoms with Crippen molar-refractivity contribution in [1.29, 1.82) is 0 Å². The number of carbonyl (C=O) groups excluding carboxylic acids is 1. The minimum atomic E-state index is 0.185. The van der Waals surface area contributed by atoms with Gasteiger partial charge < -0.3 is 10.3 Å². The summed E-state index contributed by atoms with van der Waals surface area (Å²) < 4.78 is 0. The molecule has 0 atom stereocenters. The van der Waals surface area contributed by atoms with Gasteiger partial charge in [-0.3, -0.25) is 4.79 Å². The molecular weight excluding hydrogens is 236 g/mol. The van der Waals surface area contributed by atoms with E-state index in [-0.39, 0.29) is 11.3 Å². The number of fused-ring (bicyclic) bond motifs is 1. The molecule has 0 bridgehead atoms. The lowest BCUT2D eigenvalue weighted by atomic mass is 9.95. The van der Waals surface area contributed by atoms with Crippen molar-refractivity contribution in [3.05, 3.63) is 36.0 Å². The Balaban J connectivity index is 1.58. The minimum absolute atomic E-state index is 0.185. The molecule has 4 rings (SSSR count). The Morgan fingerprint density at radius 1 is 1.32 bits per heavy atom. The smallest absolute Gasteiger partial charge is 0.223 e. The van der Waals surface area contributed by atoms with Gasteiger partial charge in [0.25, 0.3) is 0 Å². The van der Waals surface area contributed by atoms with Crippen molar-refractivity contribution in [2.24, 2.45) is 5.92 Å². The first kappa shape index (κ1) is 11.1. The number of nitrogens with one attached hydrogen (secondary N) is 2. The molecule has 2 saturated carbocycles. The number of carbonyl (C=O) groups is 1. The first-order valence-electron chi connectivity index (χ1n) is 7.13. The van der Waals surface area contributed by atoms with Crippen molar-refractivity contribution < 1.29 is 4.79 Å². The number of para-hydroxylation sites is 1. The summed E-state index contributed by atoms with van der Waals surface area (Å²) in [4.78, 5) is 15.1. The molecule has 0 saturated heterocycles. The van der Waals surface area contributed by atoms with Gasteiger partial charge in [-0.1, -0.05) is 18.2 Å². The second-order valence-electron chi connectivity index (χ2n) is 6.02. The third kappa shape index (κ3) is 1.84. The van der Waals surface area contributed by atoms with Crippen molar-refractivity contribution in [1.82, 2.24) is 10.3 Å². The van der Waals surface area contributed by atoms with Gasteiger partial charge in [-0.05, 0) is 37.3 Å². The summed E-state index contributed by atoms with van der Waals surface area (Å²) in [6.45, 7) is 0.796. The van der Waals surface area contributed by atoms with E-state index in [9.17, 15) is 4.79 Å². The second-order valence-corrected chi connectivity index (χ2v) is 6.02. The molecule has 0 aliphatic heterocycles. The standard InChI is InChI=1S/C16H18N2O/c19-15(11-5-6-11)18-10-16(7-8-16)13-9-17-14-4-2-1-3-12(13)14/h1-4,9,11,17H,5-8,10H2,(H,18,19). The van der Waals surface area contributed by atoms with Gasteiger partial charge in [-0.2, -0.15) is 0 Å². The van der Waals surface area contributed by atoms with Crippen molar-refractivity contribution in [3.8, 4) is 0 Å². The number of amides is 1. The van der Waals surface area contributed by atoms with E-state index in [0.717, 1.165) is 19.4 Å². The van der Waals surface area contributed by atoms with E-state index in [4.69, 9.17) is 0 Å². The van der Waals surface area contributed by atoms with E-state index in [2.05, 4.69) is 40.8 Å². The molecule has 1 aromatic heterocycles. The van der Waals surface area contributed by atoms with Crippen molar-refractivity contribution >= 4 is 16.8 Å². The highest BCUT2D eigenvalue weighted by molar-refractivity contribution is 5.85. The summed E-state index contributed by atoms with van der Waals surface area (Å²) in [5, 5.41) is 4.45. The normalized spacial score (nSPS) is 20.4. The minimum Gasteiger partial charge on any atom is -0.361 e. The molecule has 0 spiro atoms. The Morgan fingerprint density at radius 3 is 2.84 bits per heavy atom. The van der Waals surface area contributed by atoms with Crippen LogP contribution in [0.25, 0.3) is 10.9 Å². The first-order chi connectivity index (χ1) is 9.28. The fraction of sp³-hybridized carbons (Fsp3) is 0.438. The van der Waals surface area contributed by atoms with Gasteiger partial charge in [-0.15, -0.1) is 0 Å². The topological polar surface area (TPSA) is 44.9 Å². The third-order valence-electron chi connectivity index (χ3n) is 4.56. The van der Waals surface area contributed by atoms with Crippen LogP contribution in [-0.2, 0) is 10.2 Å². The molecular formula is C16H18N2O. The van der Waals surface area contributed by atoms with Crippen LogP contribution in [-0.4, -0.2) is 17.4 Å². The summed E-state index contributed by atoms with van der Waals surface area (Å²) in [6.07, 6.45) is 6.64. The molecule has 2 aliphatic carbocycles. The van der Waals surface area contributed by atoms with Crippen molar-refractivity contribution in [2.45, 2.75) is 31.1 Å². The summed E-state index contributed by atoms with van der Waals surface area (Å²) in [5.74, 6) is 0.560. The zero-order chi connectivity index (χ0) is 12.9. The van der Waals surface area contributed by atoms with Crippen molar-refractivity contribution in [2.75, 3.05) is 6.54 Å². The van der Waals surface area contributed by atoms with Crippen LogP contribution in [0.15, 0.2) is 30.5 Å². The van der Waals surface area contributed by atoms with Crippen molar-refractivity contribution in [3.63, 3.8) is 0 Å². The maximum Gasteiger partial charge on any atom is 0.223 e. The largest absolute Gasteiger partial charge is 0.361 e. The monoisotopic (exact) mass is 254 g/mol. The lowest BCUT2D eigenvalue weighted by Gasteiger charge is -2.15. The zero-order valence-electron chi connectivity index (χ0n) is 10.9.